The average Bonchev–Trinajstić information content (AvgIpc) is 2.65. The Morgan fingerprint density at radius 1 is 1.15 bits per heavy atom. The number of aryl methyl sites for hydroxylation is 2. The molecule has 2 fully saturated rings. The van der Waals surface area contributed by atoms with Gasteiger partial charge in [0.05, 0.1) is 6.61 Å². The summed E-state index contributed by atoms with van der Waals surface area (Å²) in [6.45, 7) is 10.5. The predicted octanol–water partition coefficient (Wildman–Crippen LogP) is 3.80. The van der Waals surface area contributed by atoms with Crippen molar-refractivity contribution in [3.8, 4) is 0 Å². The Morgan fingerprint density at radius 3 is 2.62 bits per heavy atom. The molecule has 144 valence electrons. The first-order valence-corrected chi connectivity index (χ1v) is 10.1. The van der Waals surface area contributed by atoms with Gasteiger partial charge in [0.25, 0.3) is 0 Å². The van der Waals surface area contributed by atoms with Gasteiger partial charge in [-0.1, -0.05) is 6.07 Å². The van der Waals surface area contributed by atoms with Crippen molar-refractivity contribution in [2.45, 2.75) is 58.5 Å². The van der Waals surface area contributed by atoms with Crippen molar-refractivity contribution in [3.63, 3.8) is 0 Å². The third kappa shape index (κ3) is 4.70. The van der Waals surface area contributed by atoms with E-state index in [1.807, 2.05) is 11.8 Å². The highest BCUT2D eigenvalue weighted by atomic mass is 16.6. The van der Waals surface area contributed by atoms with Crippen LogP contribution in [0.1, 0.15) is 43.7 Å². The molecule has 0 saturated carbocycles. The van der Waals surface area contributed by atoms with Crippen molar-refractivity contribution in [1.82, 2.24) is 9.80 Å². The molecule has 2 heterocycles. The number of carbonyl (C=O) groups excluding carboxylic acids is 1. The summed E-state index contributed by atoms with van der Waals surface area (Å²) in [5.41, 5.74) is 3.92. The van der Waals surface area contributed by atoms with Crippen LogP contribution in [0.25, 0.3) is 0 Å². The molecule has 0 radical (unpaired) electrons. The lowest BCUT2D eigenvalue weighted by atomic mass is 9.97. The standard InChI is InChI=1S/C21H33N3O2/c1-4-26-21(25)23-12-9-20(10-13-23)24-11-5-6-19(15-24)22-18-8-7-16(2)17(3)14-18/h7-8,14,19-20,22H,4-6,9-13,15H2,1-3H3. The fraction of sp³-hybridized carbons (Fsp3) is 0.667. The number of nitrogens with one attached hydrogen (secondary N) is 1. The molecular weight excluding hydrogens is 326 g/mol. The third-order valence-corrected chi connectivity index (χ3v) is 5.84. The second kappa shape index (κ2) is 8.76. The molecular formula is C21H33N3O2. The van der Waals surface area contributed by atoms with E-state index in [0.717, 1.165) is 32.5 Å². The average molecular weight is 360 g/mol. The Hall–Kier alpha value is -1.75. The van der Waals surface area contributed by atoms with Crippen LogP contribution in [-0.4, -0.2) is 60.8 Å². The van der Waals surface area contributed by atoms with E-state index in [4.69, 9.17) is 4.74 Å². The molecule has 5 heteroatoms. The summed E-state index contributed by atoms with van der Waals surface area (Å²) in [5.74, 6) is 0. The fourth-order valence-electron chi connectivity index (χ4n) is 4.15. The van der Waals surface area contributed by atoms with E-state index >= 15 is 0 Å². The van der Waals surface area contributed by atoms with Gasteiger partial charge in [-0.3, -0.25) is 4.90 Å². The maximum Gasteiger partial charge on any atom is 0.409 e. The molecule has 1 aromatic rings. The SMILES string of the molecule is CCOC(=O)N1CCC(N2CCCC(Nc3ccc(C)c(C)c3)C2)CC1. The number of carbonyl (C=O) groups is 1. The first-order valence-electron chi connectivity index (χ1n) is 10.1. The maximum atomic E-state index is 11.9. The van der Waals surface area contributed by atoms with E-state index in [9.17, 15) is 4.79 Å². The van der Waals surface area contributed by atoms with Crippen LogP contribution in [0.4, 0.5) is 10.5 Å². The molecule has 0 spiro atoms. The fourth-order valence-corrected chi connectivity index (χ4v) is 4.15. The van der Waals surface area contributed by atoms with Crippen molar-refractivity contribution in [1.29, 1.82) is 0 Å². The zero-order valence-electron chi connectivity index (χ0n) is 16.5. The number of amides is 1. The van der Waals surface area contributed by atoms with Crippen molar-refractivity contribution in [3.05, 3.63) is 29.3 Å². The van der Waals surface area contributed by atoms with Crippen LogP contribution < -0.4 is 5.32 Å². The summed E-state index contributed by atoms with van der Waals surface area (Å²) in [4.78, 5) is 16.4. The molecule has 1 N–H and O–H groups in total. The van der Waals surface area contributed by atoms with Crippen LogP contribution in [-0.2, 0) is 4.74 Å². The number of ether oxygens (including phenoxy) is 1. The quantitative estimate of drug-likeness (QED) is 0.888. The molecule has 1 aromatic carbocycles. The number of anilines is 1. The van der Waals surface area contributed by atoms with Gasteiger partial charge in [-0.15, -0.1) is 0 Å². The lowest BCUT2D eigenvalue weighted by molar-refractivity contribution is 0.0667. The van der Waals surface area contributed by atoms with Crippen molar-refractivity contribution < 1.29 is 9.53 Å². The summed E-state index contributed by atoms with van der Waals surface area (Å²) in [6.07, 6.45) is 4.41. The first kappa shape index (κ1) is 19.0. The Labute approximate surface area is 157 Å². The maximum absolute atomic E-state index is 11.9. The Balaban J connectivity index is 1.51. The molecule has 3 rings (SSSR count). The zero-order chi connectivity index (χ0) is 18.5. The van der Waals surface area contributed by atoms with Gasteiger partial charge in [0.2, 0.25) is 0 Å². The minimum Gasteiger partial charge on any atom is -0.450 e. The number of hydrogen-bond donors (Lipinski definition) is 1. The Bertz CT molecular complexity index is 611. The van der Waals surface area contributed by atoms with E-state index < -0.39 is 0 Å². The summed E-state index contributed by atoms with van der Waals surface area (Å²) in [5, 5.41) is 3.74. The molecule has 1 amide bonds. The molecule has 2 aliphatic heterocycles. The molecule has 0 bridgehead atoms. The summed E-state index contributed by atoms with van der Waals surface area (Å²) < 4.78 is 5.13. The number of hydrogen-bond acceptors (Lipinski definition) is 4. The highest BCUT2D eigenvalue weighted by Gasteiger charge is 2.30. The monoisotopic (exact) mass is 359 g/mol. The third-order valence-electron chi connectivity index (χ3n) is 5.84. The lowest BCUT2D eigenvalue weighted by Gasteiger charge is -2.42. The second-order valence-corrected chi connectivity index (χ2v) is 7.69. The first-order chi connectivity index (χ1) is 12.6. The predicted molar refractivity (Wildman–Crippen MR) is 106 cm³/mol. The minimum absolute atomic E-state index is 0.154. The number of benzene rings is 1. The van der Waals surface area contributed by atoms with Gasteiger partial charge >= 0.3 is 6.09 Å². The van der Waals surface area contributed by atoms with E-state index in [1.54, 1.807) is 0 Å². The van der Waals surface area contributed by atoms with Gasteiger partial charge in [-0.2, -0.15) is 0 Å². The van der Waals surface area contributed by atoms with Crippen LogP contribution in [0.3, 0.4) is 0 Å². The van der Waals surface area contributed by atoms with Crippen LogP contribution in [0.5, 0.6) is 0 Å². The zero-order valence-corrected chi connectivity index (χ0v) is 16.5. The molecule has 26 heavy (non-hydrogen) atoms. The minimum atomic E-state index is -0.154. The normalized spacial score (nSPS) is 22.3. The van der Waals surface area contributed by atoms with E-state index in [0.29, 0.717) is 18.7 Å². The van der Waals surface area contributed by atoms with Crippen LogP contribution >= 0.6 is 0 Å². The van der Waals surface area contributed by atoms with Gasteiger partial charge in [0.1, 0.15) is 0 Å². The van der Waals surface area contributed by atoms with Gasteiger partial charge in [-0.25, -0.2) is 4.79 Å². The number of likely N-dealkylation sites (tertiary alicyclic amines) is 2. The smallest absolute Gasteiger partial charge is 0.409 e. The topological polar surface area (TPSA) is 44.8 Å². The Morgan fingerprint density at radius 2 is 1.92 bits per heavy atom. The molecule has 0 aromatic heterocycles. The molecule has 0 aliphatic carbocycles. The highest BCUT2D eigenvalue weighted by Crippen LogP contribution is 2.24. The second-order valence-electron chi connectivity index (χ2n) is 7.69. The van der Waals surface area contributed by atoms with Crippen molar-refractivity contribution in [2.75, 3.05) is 38.1 Å². The number of rotatable bonds is 4. The molecule has 5 nitrogen and oxygen atoms in total. The molecule has 1 atom stereocenters. The molecule has 1 unspecified atom stereocenters. The van der Waals surface area contributed by atoms with Crippen molar-refractivity contribution >= 4 is 11.8 Å². The van der Waals surface area contributed by atoms with Gasteiger partial charge in [0.15, 0.2) is 0 Å². The molecule has 2 aliphatic rings. The largest absolute Gasteiger partial charge is 0.450 e. The highest BCUT2D eigenvalue weighted by molar-refractivity contribution is 5.67. The number of nitrogens with zero attached hydrogens (tertiary/aromatic N) is 2. The van der Waals surface area contributed by atoms with Crippen molar-refractivity contribution in [2.24, 2.45) is 0 Å². The molecule has 2 saturated heterocycles. The van der Waals surface area contributed by atoms with Crippen LogP contribution in [0.2, 0.25) is 0 Å². The Kier molecular flexibility index (Phi) is 6.41. The summed E-state index contributed by atoms with van der Waals surface area (Å²) in [7, 11) is 0. The van der Waals surface area contributed by atoms with Gasteiger partial charge in [-0.05, 0) is 76.3 Å². The van der Waals surface area contributed by atoms with Gasteiger partial charge in [0, 0.05) is 37.4 Å². The summed E-state index contributed by atoms with van der Waals surface area (Å²) in [6, 6.07) is 7.74. The van der Waals surface area contributed by atoms with E-state index in [1.165, 1.54) is 36.2 Å². The van der Waals surface area contributed by atoms with E-state index in [2.05, 4.69) is 42.3 Å². The van der Waals surface area contributed by atoms with E-state index in [-0.39, 0.29) is 6.09 Å². The lowest BCUT2D eigenvalue weighted by Crippen LogP contribution is -2.51. The van der Waals surface area contributed by atoms with Crippen LogP contribution in [0, 0.1) is 13.8 Å². The van der Waals surface area contributed by atoms with Gasteiger partial charge < -0.3 is 15.0 Å². The van der Waals surface area contributed by atoms with Crippen LogP contribution in [0.15, 0.2) is 18.2 Å². The number of piperidine rings is 2. The summed E-state index contributed by atoms with van der Waals surface area (Å²) >= 11 is 0.